The number of nitrogens with zero attached hydrogens (tertiary/aromatic N) is 1. The zero-order valence-corrected chi connectivity index (χ0v) is 14.9. The van der Waals surface area contributed by atoms with Crippen LogP contribution in [0.15, 0.2) is 4.99 Å². The molecule has 0 aliphatic heterocycles. The van der Waals surface area contributed by atoms with Crippen LogP contribution in [0.5, 0.6) is 0 Å². The summed E-state index contributed by atoms with van der Waals surface area (Å²) in [6.07, 6.45) is 5.48. The lowest BCUT2D eigenvalue weighted by Gasteiger charge is -2.27. The first-order valence-electron chi connectivity index (χ1n) is 7.28. The highest BCUT2D eigenvalue weighted by atomic mass is 127. The molecule has 0 heterocycles. The van der Waals surface area contributed by atoms with Crippen LogP contribution in [0.4, 0.5) is 0 Å². The second-order valence-electron chi connectivity index (χ2n) is 5.21. The molecule has 0 spiro atoms. The van der Waals surface area contributed by atoms with E-state index in [1.165, 1.54) is 25.7 Å². The summed E-state index contributed by atoms with van der Waals surface area (Å²) in [5.74, 6) is 2.59. The number of aliphatic imine (C=N–C) groups is 1. The molecule has 2 atom stereocenters. The molecular formula is C14H30IN3O. The fraction of sp³-hybridized carbons (Fsp3) is 0.929. The van der Waals surface area contributed by atoms with Crippen LogP contribution in [0.3, 0.4) is 0 Å². The lowest BCUT2D eigenvalue weighted by Crippen LogP contribution is -2.41. The Kier molecular flexibility index (Phi) is 11.7. The number of rotatable bonds is 6. The van der Waals surface area contributed by atoms with Crippen LogP contribution in [0.2, 0.25) is 0 Å². The molecule has 1 rings (SSSR count). The number of nitrogens with one attached hydrogen (secondary N) is 2. The first-order valence-corrected chi connectivity index (χ1v) is 7.28. The molecule has 2 unspecified atom stereocenters. The van der Waals surface area contributed by atoms with Crippen LogP contribution in [0.25, 0.3) is 0 Å². The minimum absolute atomic E-state index is 0. The Labute approximate surface area is 135 Å². The van der Waals surface area contributed by atoms with Crippen LogP contribution in [0, 0.1) is 11.8 Å². The molecule has 2 N–H and O–H groups in total. The molecule has 4 nitrogen and oxygen atoms in total. The molecule has 0 radical (unpaired) electrons. The largest absolute Gasteiger partial charge is 0.380 e. The molecule has 0 amide bonds. The number of hydrogen-bond acceptors (Lipinski definition) is 2. The van der Waals surface area contributed by atoms with Crippen LogP contribution in [0.1, 0.15) is 39.5 Å². The molecular weight excluding hydrogens is 353 g/mol. The third-order valence-corrected chi connectivity index (χ3v) is 3.57. The molecule has 1 fully saturated rings. The minimum Gasteiger partial charge on any atom is -0.380 e. The highest BCUT2D eigenvalue weighted by molar-refractivity contribution is 14.0. The molecule has 19 heavy (non-hydrogen) atoms. The van der Waals surface area contributed by atoms with Gasteiger partial charge in [0.15, 0.2) is 5.96 Å². The zero-order valence-electron chi connectivity index (χ0n) is 12.6. The van der Waals surface area contributed by atoms with Crippen molar-refractivity contribution in [3.63, 3.8) is 0 Å². The second-order valence-corrected chi connectivity index (χ2v) is 5.21. The molecule has 1 saturated carbocycles. The molecule has 1 aliphatic carbocycles. The van der Waals surface area contributed by atoms with Crippen molar-refractivity contribution in [1.29, 1.82) is 0 Å². The van der Waals surface area contributed by atoms with E-state index >= 15 is 0 Å². The van der Waals surface area contributed by atoms with Gasteiger partial charge in [-0.15, -0.1) is 24.0 Å². The molecule has 0 aromatic heterocycles. The van der Waals surface area contributed by atoms with E-state index in [-0.39, 0.29) is 24.0 Å². The Morgan fingerprint density at radius 1 is 1.32 bits per heavy atom. The van der Waals surface area contributed by atoms with E-state index in [2.05, 4.69) is 22.5 Å². The maximum Gasteiger partial charge on any atom is 0.191 e. The fourth-order valence-corrected chi connectivity index (χ4v) is 2.59. The highest BCUT2D eigenvalue weighted by Crippen LogP contribution is 2.27. The van der Waals surface area contributed by atoms with Crippen molar-refractivity contribution in [2.75, 3.05) is 33.4 Å². The topological polar surface area (TPSA) is 45.6 Å². The summed E-state index contributed by atoms with van der Waals surface area (Å²) in [4.78, 5) is 4.23. The summed E-state index contributed by atoms with van der Waals surface area (Å²) in [6.45, 7) is 7.73. The van der Waals surface area contributed by atoms with Gasteiger partial charge in [0.05, 0.1) is 6.61 Å². The number of guanidine groups is 1. The standard InChI is InChI=1S/C14H29N3O.HI/c1-4-18-9-8-16-14(15-3)17-11-13-7-5-6-12(2)10-13;/h12-13H,4-11H2,1-3H3,(H2,15,16,17);1H. The van der Waals surface area contributed by atoms with Crippen molar-refractivity contribution in [3.8, 4) is 0 Å². The number of halogens is 1. The SMILES string of the molecule is CCOCCNC(=NC)NCC1CCCC(C)C1.I. The van der Waals surface area contributed by atoms with Gasteiger partial charge in [-0.1, -0.05) is 19.8 Å². The average Bonchev–Trinajstić information content (AvgIpc) is 2.38. The maximum absolute atomic E-state index is 5.29. The Bertz CT molecular complexity index is 249. The van der Waals surface area contributed by atoms with Gasteiger partial charge in [0.25, 0.3) is 0 Å². The van der Waals surface area contributed by atoms with Gasteiger partial charge in [0.1, 0.15) is 0 Å². The molecule has 5 heteroatoms. The Morgan fingerprint density at radius 2 is 2.11 bits per heavy atom. The molecule has 0 bridgehead atoms. The monoisotopic (exact) mass is 383 g/mol. The quantitative estimate of drug-likeness (QED) is 0.321. The predicted octanol–water partition coefficient (Wildman–Crippen LogP) is 2.63. The normalized spacial score (nSPS) is 23.6. The lowest BCUT2D eigenvalue weighted by atomic mass is 9.82. The lowest BCUT2D eigenvalue weighted by molar-refractivity contribution is 0.152. The van der Waals surface area contributed by atoms with Crippen molar-refractivity contribution in [3.05, 3.63) is 0 Å². The summed E-state index contributed by atoms with van der Waals surface area (Å²) < 4.78 is 5.29. The van der Waals surface area contributed by atoms with Crippen molar-refractivity contribution >= 4 is 29.9 Å². The van der Waals surface area contributed by atoms with E-state index in [0.717, 1.165) is 44.1 Å². The number of ether oxygens (including phenoxy) is 1. The third-order valence-electron chi connectivity index (χ3n) is 3.57. The molecule has 1 aliphatic rings. The van der Waals surface area contributed by atoms with Crippen molar-refractivity contribution in [2.45, 2.75) is 39.5 Å². The Balaban J connectivity index is 0.00000324. The highest BCUT2D eigenvalue weighted by Gasteiger charge is 2.18. The van der Waals surface area contributed by atoms with E-state index < -0.39 is 0 Å². The van der Waals surface area contributed by atoms with Crippen LogP contribution < -0.4 is 10.6 Å². The molecule has 0 aromatic rings. The van der Waals surface area contributed by atoms with E-state index in [9.17, 15) is 0 Å². The van der Waals surface area contributed by atoms with Crippen LogP contribution in [-0.4, -0.2) is 39.3 Å². The molecule has 0 aromatic carbocycles. The average molecular weight is 383 g/mol. The number of hydrogen-bond donors (Lipinski definition) is 2. The third kappa shape index (κ3) is 8.68. The van der Waals surface area contributed by atoms with Gasteiger partial charge in [0.2, 0.25) is 0 Å². The Hall–Kier alpha value is -0.0400. The van der Waals surface area contributed by atoms with Gasteiger partial charge in [-0.3, -0.25) is 4.99 Å². The first kappa shape index (κ1) is 19.0. The first-order chi connectivity index (χ1) is 8.76. The second kappa shape index (κ2) is 11.8. The summed E-state index contributed by atoms with van der Waals surface area (Å²) in [5.41, 5.74) is 0. The van der Waals surface area contributed by atoms with E-state index in [1.807, 2.05) is 14.0 Å². The van der Waals surface area contributed by atoms with E-state index in [0.29, 0.717) is 0 Å². The van der Waals surface area contributed by atoms with Gasteiger partial charge in [-0.05, 0) is 31.6 Å². The van der Waals surface area contributed by atoms with Gasteiger partial charge in [-0.25, -0.2) is 0 Å². The fourth-order valence-electron chi connectivity index (χ4n) is 2.59. The maximum atomic E-state index is 5.29. The molecule has 114 valence electrons. The van der Waals surface area contributed by atoms with Crippen LogP contribution >= 0.6 is 24.0 Å². The van der Waals surface area contributed by atoms with E-state index in [1.54, 1.807) is 0 Å². The van der Waals surface area contributed by atoms with Crippen molar-refractivity contribution < 1.29 is 4.74 Å². The summed E-state index contributed by atoms with van der Waals surface area (Å²) in [7, 11) is 1.82. The summed E-state index contributed by atoms with van der Waals surface area (Å²) >= 11 is 0. The minimum atomic E-state index is 0. The molecule has 0 saturated heterocycles. The van der Waals surface area contributed by atoms with Gasteiger partial charge < -0.3 is 15.4 Å². The summed E-state index contributed by atoms with van der Waals surface area (Å²) in [5, 5.41) is 6.69. The Morgan fingerprint density at radius 3 is 2.74 bits per heavy atom. The zero-order chi connectivity index (χ0) is 13.2. The van der Waals surface area contributed by atoms with E-state index in [4.69, 9.17) is 4.74 Å². The van der Waals surface area contributed by atoms with Gasteiger partial charge >= 0.3 is 0 Å². The van der Waals surface area contributed by atoms with Gasteiger partial charge in [-0.2, -0.15) is 0 Å². The predicted molar refractivity (Wildman–Crippen MR) is 92.4 cm³/mol. The van der Waals surface area contributed by atoms with Crippen molar-refractivity contribution in [1.82, 2.24) is 10.6 Å². The van der Waals surface area contributed by atoms with Crippen molar-refractivity contribution in [2.24, 2.45) is 16.8 Å². The summed E-state index contributed by atoms with van der Waals surface area (Å²) in [6, 6.07) is 0. The van der Waals surface area contributed by atoms with Gasteiger partial charge in [0, 0.05) is 26.7 Å². The smallest absolute Gasteiger partial charge is 0.191 e. The van der Waals surface area contributed by atoms with Crippen LogP contribution in [-0.2, 0) is 4.74 Å².